The van der Waals surface area contributed by atoms with Crippen LogP contribution in [0.1, 0.15) is 16.1 Å². The van der Waals surface area contributed by atoms with E-state index in [0.717, 1.165) is 11.3 Å². The molecule has 0 aliphatic heterocycles. The lowest BCUT2D eigenvalue weighted by molar-refractivity contribution is 0.0954. The predicted molar refractivity (Wildman–Crippen MR) is 115 cm³/mol. The average Bonchev–Trinajstić information content (AvgIpc) is 3.47. The molecule has 5 rings (SSSR count). The van der Waals surface area contributed by atoms with Gasteiger partial charge in [0.2, 0.25) is 5.89 Å². The van der Waals surface area contributed by atoms with Gasteiger partial charge in [0.25, 0.3) is 5.91 Å². The smallest absolute Gasteiger partial charge is 0.251 e. The van der Waals surface area contributed by atoms with Crippen molar-refractivity contribution in [2.24, 2.45) is 0 Å². The molecule has 1 amide bonds. The lowest BCUT2D eigenvalue weighted by Crippen LogP contribution is -2.25. The Morgan fingerprint density at radius 1 is 1.00 bits per heavy atom. The van der Waals surface area contributed by atoms with Gasteiger partial charge in [-0.1, -0.05) is 29.4 Å². The number of carbonyl (C=O) groups is 1. The molecular formula is C24H18N4O3. The number of hydrogen-bond acceptors (Lipinski definition) is 6. The molecule has 0 saturated carbocycles. The number of nitrogens with one attached hydrogen (secondary N) is 1. The van der Waals surface area contributed by atoms with Gasteiger partial charge in [-0.25, -0.2) is 4.98 Å². The van der Waals surface area contributed by atoms with Crippen LogP contribution >= 0.6 is 0 Å². The van der Waals surface area contributed by atoms with E-state index in [-0.39, 0.29) is 5.91 Å². The molecule has 31 heavy (non-hydrogen) atoms. The first kappa shape index (κ1) is 18.7. The number of fused-ring (bicyclic) bond motifs is 1. The predicted octanol–water partition coefficient (Wildman–Crippen LogP) is 4.52. The van der Waals surface area contributed by atoms with Gasteiger partial charge in [-0.3, -0.25) is 9.78 Å². The van der Waals surface area contributed by atoms with E-state index in [1.54, 1.807) is 30.7 Å². The molecule has 0 atom stereocenters. The number of benzene rings is 2. The molecule has 0 aliphatic carbocycles. The van der Waals surface area contributed by atoms with Crippen molar-refractivity contribution < 1.29 is 13.7 Å². The van der Waals surface area contributed by atoms with Crippen LogP contribution in [0.3, 0.4) is 0 Å². The SMILES string of the molecule is O=C(NCCc1ccccn1)c1ccc2onc(-c3coc(-c4ccccc4)n3)c2c1. The topological polar surface area (TPSA) is 94.1 Å². The van der Waals surface area contributed by atoms with Gasteiger partial charge in [-0.05, 0) is 42.5 Å². The van der Waals surface area contributed by atoms with E-state index in [0.29, 0.717) is 46.8 Å². The maximum atomic E-state index is 12.6. The molecule has 5 aromatic rings. The lowest BCUT2D eigenvalue weighted by Gasteiger charge is -2.05. The van der Waals surface area contributed by atoms with Crippen LogP contribution in [0.5, 0.6) is 0 Å². The van der Waals surface area contributed by atoms with E-state index in [1.807, 2.05) is 48.5 Å². The molecule has 7 nitrogen and oxygen atoms in total. The van der Waals surface area contributed by atoms with Crippen LogP contribution in [-0.2, 0) is 6.42 Å². The summed E-state index contributed by atoms with van der Waals surface area (Å²) in [5, 5.41) is 7.76. The summed E-state index contributed by atoms with van der Waals surface area (Å²) in [6.07, 6.45) is 3.94. The Morgan fingerprint density at radius 2 is 1.87 bits per heavy atom. The van der Waals surface area contributed by atoms with Crippen molar-refractivity contribution in [3.8, 4) is 22.8 Å². The summed E-state index contributed by atoms with van der Waals surface area (Å²) in [7, 11) is 0. The zero-order chi connectivity index (χ0) is 21.0. The molecule has 1 N–H and O–H groups in total. The standard InChI is InChI=1S/C24H18N4O3/c29-23(26-13-11-18-8-4-5-12-25-18)17-9-10-21-19(14-17)22(28-31-21)20-15-30-24(27-20)16-6-2-1-3-7-16/h1-10,12,14-15H,11,13H2,(H,26,29). The number of pyridine rings is 1. The number of aromatic nitrogens is 3. The average molecular weight is 410 g/mol. The highest BCUT2D eigenvalue weighted by molar-refractivity contribution is 6.00. The van der Waals surface area contributed by atoms with Crippen molar-refractivity contribution in [3.05, 3.63) is 90.4 Å². The summed E-state index contributed by atoms with van der Waals surface area (Å²) in [6, 6.07) is 20.5. The number of amides is 1. The van der Waals surface area contributed by atoms with E-state index in [2.05, 4.69) is 20.4 Å². The Morgan fingerprint density at radius 3 is 2.71 bits per heavy atom. The van der Waals surface area contributed by atoms with Crippen LogP contribution in [0.2, 0.25) is 0 Å². The van der Waals surface area contributed by atoms with Gasteiger partial charge in [-0.2, -0.15) is 0 Å². The van der Waals surface area contributed by atoms with E-state index in [9.17, 15) is 4.79 Å². The molecule has 0 aliphatic rings. The highest BCUT2D eigenvalue weighted by Crippen LogP contribution is 2.30. The fourth-order valence-corrected chi connectivity index (χ4v) is 3.31. The second kappa shape index (κ2) is 8.23. The van der Waals surface area contributed by atoms with Crippen molar-refractivity contribution in [3.63, 3.8) is 0 Å². The number of carbonyl (C=O) groups excluding carboxylic acids is 1. The lowest BCUT2D eigenvalue weighted by atomic mass is 10.1. The second-order valence-electron chi connectivity index (χ2n) is 6.97. The van der Waals surface area contributed by atoms with Gasteiger partial charge in [0.15, 0.2) is 5.58 Å². The third-order valence-electron chi connectivity index (χ3n) is 4.89. The molecule has 0 unspecified atom stereocenters. The van der Waals surface area contributed by atoms with Crippen LogP contribution in [0.25, 0.3) is 33.8 Å². The molecule has 3 aromatic heterocycles. The number of rotatable bonds is 6. The van der Waals surface area contributed by atoms with Crippen LogP contribution in [-0.4, -0.2) is 27.6 Å². The Labute approximate surface area is 177 Å². The zero-order valence-electron chi connectivity index (χ0n) is 16.5. The molecule has 152 valence electrons. The Balaban J connectivity index is 1.36. The Bertz CT molecular complexity index is 1330. The first-order valence-electron chi connectivity index (χ1n) is 9.87. The van der Waals surface area contributed by atoms with Crippen LogP contribution in [0.4, 0.5) is 0 Å². The summed E-state index contributed by atoms with van der Waals surface area (Å²) in [4.78, 5) is 21.4. The van der Waals surface area contributed by atoms with E-state index >= 15 is 0 Å². The molecule has 0 spiro atoms. The van der Waals surface area contributed by atoms with Gasteiger partial charge < -0.3 is 14.3 Å². The molecule has 0 saturated heterocycles. The normalized spacial score (nSPS) is 11.0. The minimum atomic E-state index is -0.171. The minimum absolute atomic E-state index is 0.171. The van der Waals surface area contributed by atoms with Gasteiger partial charge in [-0.15, -0.1) is 0 Å². The fraction of sp³-hybridized carbons (Fsp3) is 0.0833. The highest BCUT2D eigenvalue weighted by atomic mass is 16.5. The quantitative estimate of drug-likeness (QED) is 0.442. The first-order chi connectivity index (χ1) is 15.3. The second-order valence-corrected chi connectivity index (χ2v) is 6.97. The molecule has 7 heteroatoms. The fourth-order valence-electron chi connectivity index (χ4n) is 3.31. The third kappa shape index (κ3) is 3.93. The molecule has 0 fully saturated rings. The van der Waals surface area contributed by atoms with Crippen molar-refractivity contribution >= 4 is 16.9 Å². The summed E-state index contributed by atoms with van der Waals surface area (Å²) in [6.45, 7) is 0.494. The number of hydrogen-bond donors (Lipinski definition) is 1. The largest absolute Gasteiger partial charge is 0.444 e. The van der Waals surface area contributed by atoms with Crippen molar-refractivity contribution in [2.45, 2.75) is 6.42 Å². The summed E-state index contributed by atoms with van der Waals surface area (Å²) < 4.78 is 11.0. The highest BCUT2D eigenvalue weighted by Gasteiger charge is 2.17. The minimum Gasteiger partial charge on any atom is -0.444 e. The first-order valence-corrected chi connectivity index (χ1v) is 9.87. The van der Waals surface area contributed by atoms with Gasteiger partial charge >= 0.3 is 0 Å². The number of oxazole rings is 1. The summed E-state index contributed by atoms with van der Waals surface area (Å²) >= 11 is 0. The number of nitrogens with zero attached hydrogens (tertiary/aromatic N) is 3. The van der Waals surface area contributed by atoms with E-state index in [4.69, 9.17) is 8.94 Å². The molecule has 0 radical (unpaired) electrons. The van der Waals surface area contributed by atoms with Crippen molar-refractivity contribution in [2.75, 3.05) is 6.54 Å². The Kier molecular flexibility index (Phi) is 4.98. The molecule has 0 bridgehead atoms. The Hall–Kier alpha value is -4.26. The van der Waals surface area contributed by atoms with Gasteiger partial charge in [0.1, 0.15) is 17.7 Å². The maximum Gasteiger partial charge on any atom is 0.251 e. The van der Waals surface area contributed by atoms with Crippen molar-refractivity contribution in [1.82, 2.24) is 20.4 Å². The van der Waals surface area contributed by atoms with Crippen LogP contribution in [0.15, 0.2) is 88.1 Å². The van der Waals surface area contributed by atoms with Crippen molar-refractivity contribution in [1.29, 1.82) is 0 Å². The maximum absolute atomic E-state index is 12.6. The molecule has 3 heterocycles. The summed E-state index contributed by atoms with van der Waals surface area (Å²) in [5.74, 6) is 0.324. The zero-order valence-corrected chi connectivity index (χ0v) is 16.5. The van der Waals surface area contributed by atoms with E-state index < -0.39 is 0 Å². The monoisotopic (exact) mass is 410 g/mol. The van der Waals surface area contributed by atoms with Crippen LogP contribution < -0.4 is 5.32 Å². The third-order valence-corrected chi connectivity index (χ3v) is 4.89. The van der Waals surface area contributed by atoms with Crippen LogP contribution in [0, 0.1) is 0 Å². The van der Waals surface area contributed by atoms with E-state index in [1.165, 1.54) is 0 Å². The van der Waals surface area contributed by atoms with Gasteiger partial charge in [0.05, 0.1) is 5.39 Å². The molecule has 2 aromatic carbocycles. The molecular weight excluding hydrogens is 392 g/mol. The summed E-state index contributed by atoms with van der Waals surface area (Å²) in [5.41, 5.74) is 3.97. The van der Waals surface area contributed by atoms with Gasteiger partial charge in [0, 0.05) is 36.0 Å².